The number of esters is 1. The van der Waals surface area contributed by atoms with Gasteiger partial charge in [-0.05, 0) is 44.5 Å². The van der Waals surface area contributed by atoms with Gasteiger partial charge in [0.1, 0.15) is 4.83 Å². The normalized spacial score (nSPS) is 12.4. The van der Waals surface area contributed by atoms with Gasteiger partial charge in [-0.15, -0.1) is 11.3 Å². The number of fused-ring (bicyclic) bond motifs is 1. The second-order valence-electron chi connectivity index (χ2n) is 5.62. The lowest BCUT2D eigenvalue weighted by Gasteiger charge is -2.13. The van der Waals surface area contributed by atoms with Gasteiger partial charge in [-0.2, -0.15) is 0 Å². The lowest BCUT2D eigenvalue weighted by atomic mass is 10.2. The number of H-pyrrole nitrogens is 1. The number of thiophene rings is 1. The van der Waals surface area contributed by atoms with Gasteiger partial charge >= 0.3 is 5.97 Å². The quantitative estimate of drug-likeness (QED) is 0.643. The van der Waals surface area contributed by atoms with Gasteiger partial charge in [0.15, 0.2) is 11.9 Å². The van der Waals surface area contributed by atoms with Crippen molar-refractivity contribution in [2.24, 2.45) is 0 Å². The molecule has 0 saturated heterocycles. The molecule has 0 bridgehead atoms. The molecule has 5 nitrogen and oxygen atoms in total. The van der Waals surface area contributed by atoms with Crippen LogP contribution in [0.15, 0.2) is 23.0 Å². The Bertz CT molecular complexity index is 1020. The number of aryl methyl sites for hydroxylation is 2. The molecular weight excluding hydrogens is 383 g/mol. The summed E-state index contributed by atoms with van der Waals surface area (Å²) in [7, 11) is 0. The van der Waals surface area contributed by atoms with Crippen LogP contribution in [0.3, 0.4) is 0 Å². The first-order valence-corrected chi connectivity index (χ1v) is 9.00. The van der Waals surface area contributed by atoms with Crippen molar-refractivity contribution in [3.8, 4) is 0 Å². The summed E-state index contributed by atoms with van der Waals surface area (Å²) < 4.78 is 5.39. The Labute approximate surface area is 157 Å². The van der Waals surface area contributed by atoms with Crippen molar-refractivity contribution in [2.75, 3.05) is 0 Å². The maximum absolute atomic E-state index is 12.3. The van der Waals surface area contributed by atoms with Gasteiger partial charge in [0.25, 0.3) is 5.56 Å². The molecule has 130 valence electrons. The summed E-state index contributed by atoms with van der Waals surface area (Å²) in [5.41, 5.74) is 0.907. The molecule has 2 heterocycles. The minimum Gasteiger partial charge on any atom is -0.451 e. The molecule has 25 heavy (non-hydrogen) atoms. The Balaban J connectivity index is 1.90. The molecule has 8 heteroatoms. The minimum atomic E-state index is -0.731. The third kappa shape index (κ3) is 3.56. The van der Waals surface area contributed by atoms with E-state index in [0.717, 1.165) is 10.4 Å². The molecule has 0 aliphatic heterocycles. The van der Waals surface area contributed by atoms with E-state index in [-0.39, 0.29) is 11.1 Å². The number of nitrogens with zero attached hydrogens (tertiary/aromatic N) is 1. The summed E-state index contributed by atoms with van der Waals surface area (Å²) in [6.45, 7) is 5.46. The van der Waals surface area contributed by atoms with E-state index in [9.17, 15) is 9.59 Å². The number of aromatic nitrogens is 2. The molecule has 3 aromatic rings. The highest BCUT2D eigenvalue weighted by Crippen LogP contribution is 2.27. The third-order valence-corrected chi connectivity index (χ3v) is 5.36. The summed E-state index contributed by atoms with van der Waals surface area (Å²) in [4.78, 5) is 33.4. The van der Waals surface area contributed by atoms with Crippen molar-refractivity contribution in [1.29, 1.82) is 0 Å². The van der Waals surface area contributed by atoms with Gasteiger partial charge < -0.3 is 9.72 Å². The standard InChI is InChI=1S/C17H14Cl2N2O3S/c1-7-9(3)25-16-13(7)15(22)20-14(21-16)8(2)24-17(23)10-4-11(18)6-12(19)5-10/h4-6,8H,1-3H3,(H,20,21,22)/t8-/m0/s1. The Kier molecular flexibility index (Phi) is 4.86. The molecule has 0 fully saturated rings. The molecular formula is C17H14Cl2N2O3S. The van der Waals surface area contributed by atoms with Crippen molar-refractivity contribution in [3.63, 3.8) is 0 Å². The zero-order valence-electron chi connectivity index (χ0n) is 13.6. The summed E-state index contributed by atoms with van der Waals surface area (Å²) in [5.74, 6) is -0.307. The third-order valence-electron chi connectivity index (χ3n) is 3.82. The van der Waals surface area contributed by atoms with E-state index in [1.165, 1.54) is 29.5 Å². The zero-order valence-corrected chi connectivity index (χ0v) is 16.0. The summed E-state index contributed by atoms with van der Waals surface area (Å²) >= 11 is 13.2. The zero-order chi connectivity index (χ0) is 18.3. The van der Waals surface area contributed by atoms with E-state index in [2.05, 4.69) is 9.97 Å². The van der Waals surface area contributed by atoms with E-state index in [1.54, 1.807) is 6.92 Å². The highest BCUT2D eigenvalue weighted by Gasteiger charge is 2.19. The van der Waals surface area contributed by atoms with Crippen LogP contribution in [0.5, 0.6) is 0 Å². The molecule has 3 rings (SSSR count). The van der Waals surface area contributed by atoms with Crippen LogP contribution in [0.4, 0.5) is 0 Å². The second kappa shape index (κ2) is 6.78. The highest BCUT2D eigenvalue weighted by molar-refractivity contribution is 7.18. The number of hydrogen-bond donors (Lipinski definition) is 1. The molecule has 0 aliphatic carbocycles. The van der Waals surface area contributed by atoms with E-state index in [0.29, 0.717) is 26.1 Å². The Morgan fingerprint density at radius 1 is 1.24 bits per heavy atom. The van der Waals surface area contributed by atoms with Crippen LogP contribution >= 0.6 is 34.5 Å². The number of hydrogen-bond acceptors (Lipinski definition) is 5. The molecule has 0 radical (unpaired) electrons. The fourth-order valence-corrected chi connectivity index (χ4v) is 3.98. The van der Waals surface area contributed by atoms with Crippen LogP contribution in [-0.4, -0.2) is 15.9 Å². The molecule has 0 unspecified atom stereocenters. The fraction of sp³-hybridized carbons (Fsp3) is 0.235. The summed E-state index contributed by atoms with van der Waals surface area (Å²) in [6.07, 6.45) is -0.731. The molecule has 1 atom stereocenters. The van der Waals surface area contributed by atoms with Gasteiger partial charge in [-0.3, -0.25) is 4.79 Å². The Morgan fingerprint density at radius 2 is 1.88 bits per heavy atom. The van der Waals surface area contributed by atoms with Crippen molar-refractivity contribution in [2.45, 2.75) is 26.9 Å². The van der Waals surface area contributed by atoms with Gasteiger partial charge in [-0.25, -0.2) is 9.78 Å². The Morgan fingerprint density at radius 3 is 2.52 bits per heavy atom. The average molecular weight is 397 g/mol. The van der Waals surface area contributed by atoms with Gasteiger partial charge in [0.2, 0.25) is 0 Å². The van der Waals surface area contributed by atoms with Crippen molar-refractivity contribution in [3.05, 3.63) is 60.4 Å². The van der Waals surface area contributed by atoms with Crippen LogP contribution in [0.2, 0.25) is 10.0 Å². The molecule has 1 N–H and O–H groups in total. The van der Waals surface area contributed by atoms with Crippen LogP contribution < -0.4 is 5.56 Å². The minimum absolute atomic E-state index is 0.232. The first-order chi connectivity index (χ1) is 11.8. The SMILES string of the molecule is Cc1sc2nc([C@H](C)OC(=O)c3cc(Cl)cc(Cl)c3)[nH]c(=O)c2c1C. The van der Waals surface area contributed by atoms with Gasteiger partial charge in [-0.1, -0.05) is 23.2 Å². The maximum Gasteiger partial charge on any atom is 0.338 e. The molecule has 0 saturated carbocycles. The summed E-state index contributed by atoms with van der Waals surface area (Å²) in [6, 6.07) is 4.46. The monoisotopic (exact) mass is 396 g/mol. The highest BCUT2D eigenvalue weighted by atomic mass is 35.5. The lowest BCUT2D eigenvalue weighted by molar-refractivity contribution is 0.0320. The predicted octanol–water partition coefficient (Wildman–Crippen LogP) is 4.83. The van der Waals surface area contributed by atoms with Crippen LogP contribution in [0.1, 0.15) is 39.7 Å². The molecule has 2 aromatic heterocycles. The summed E-state index contributed by atoms with van der Waals surface area (Å²) in [5, 5.41) is 1.25. The van der Waals surface area contributed by atoms with Gasteiger partial charge in [0.05, 0.1) is 10.9 Å². The van der Waals surface area contributed by atoms with E-state index in [4.69, 9.17) is 27.9 Å². The smallest absolute Gasteiger partial charge is 0.338 e. The fourth-order valence-electron chi connectivity index (χ4n) is 2.42. The van der Waals surface area contributed by atoms with E-state index >= 15 is 0 Å². The maximum atomic E-state index is 12.3. The molecule has 0 spiro atoms. The van der Waals surface area contributed by atoms with Crippen LogP contribution in [0, 0.1) is 13.8 Å². The largest absolute Gasteiger partial charge is 0.451 e. The molecule has 0 aliphatic rings. The second-order valence-corrected chi connectivity index (χ2v) is 7.70. The number of nitrogens with one attached hydrogen (secondary N) is 1. The Hall–Kier alpha value is -1.89. The van der Waals surface area contributed by atoms with Crippen molar-refractivity contribution >= 4 is 50.7 Å². The van der Waals surface area contributed by atoms with Crippen molar-refractivity contribution < 1.29 is 9.53 Å². The topological polar surface area (TPSA) is 72.0 Å². The number of carbonyl (C=O) groups is 1. The number of rotatable bonds is 3. The molecule has 1 aromatic carbocycles. The number of ether oxygens (including phenoxy) is 1. The number of carbonyl (C=O) groups excluding carboxylic acids is 1. The van der Waals surface area contributed by atoms with Crippen LogP contribution in [-0.2, 0) is 4.74 Å². The number of aromatic amines is 1. The van der Waals surface area contributed by atoms with Crippen LogP contribution in [0.25, 0.3) is 10.2 Å². The van der Waals surface area contributed by atoms with Gasteiger partial charge in [0, 0.05) is 14.9 Å². The number of halogens is 2. The van der Waals surface area contributed by atoms with E-state index < -0.39 is 12.1 Å². The first kappa shape index (κ1) is 17.9. The first-order valence-electron chi connectivity index (χ1n) is 7.43. The lowest BCUT2D eigenvalue weighted by Crippen LogP contribution is -2.17. The van der Waals surface area contributed by atoms with E-state index in [1.807, 2.05) is 13.8 Å². The van der Waals surface area contributed by atoms with Crippen molar-refractivity contribution in [1.82, 2.24) is 9.97 Å². The predicted molar refractivity (Wildman–Crippen MR) is 100 cm³/mol. The molecule has 0 amide bonds. The average Bonchev–Trinajstić information content (AvgIpc) is 2.81. The number of benzene rings is 1.